The van der Waals surface area contributed by atoms with E-state index in [0.29, 0.717) is 6.04 Å². The van der Waals surface area contributed by atoms with E-state index in [0.717, 1.165) is 19.6 Å². The van der Waals surface area contributed by atoms with Gasteiger partial charge in [-0.2, -0.15) is 0 Å². The summed E-state index contributed by atoms with van der Waals surface area (Å²) in [4.78, 5) is 0. The number of hydrogen-bond acceptors (Lipinski definition) is 2. The summed E-state index contributed by atoms with van der Waals surface area (Å²) in [5.41, 5.74) is 0. The van der Waals surface area contributed by atoms with Crippen molar-refractivity contribution in [3.05, 3.63) is 0 Å². The number of likely N-dealkylation sites (N-methyl/N-ethyl adjacent to an activating group) is 1. The summed E-state index contributed by atoms with van der Waals surface area (Å²) in [6.45, 7) is 13.7. The summed E-state index contributed by atoms with van der Waals surface area (Å²) in [5.74, 6) is 0. The molecule has 2 N–H and O–H groups in total. The lowest BCUT2D eigenvalue weighted by Gasteiger charge is -2.06. The second kappa shape index (κ2) is 12.6. The molecule has 2 heteroatoms. The Morgan fingerprint density at radius 1 is 1.09 bits per heavy atom. The fraction of sp³-hybridized carbons (Fsp3) is 1.00. The number of nitrogens with one attached hydrogen (secondary N) is 2. The molecule has 0 unspecified atom stereocenters. The van der Waals surface area contributed by atoms with Crippen LogP contribution in [0, 0.1) is 0 Å². The molecule has 0 aliphatic heterocycles. The first-order chi connectivity index (χ1) is 5.27. The third-order valence-corrected chi connectivity index (χ3v) is 1.10. The molecule has 0 aromatic heterocycles. The summed E-state index contributed by atoms with van der Waals surface area (Å²) < 4.78 is 0. The highest BCUT2D eigenvalue weighted by molar-refractivity contribution is 4.53. The van der Waals surface area contributed by atoms with Gasteiger partial charge in [-0.3, -0.25) is 0 Å². The molecule has 0 fully saturated rings. The minimum Gasteiger partial charge on any atom is -0.316 e. The normalized spacial score (nSPS) is 9.27. The first-order valence-electron chi connectivity index (χ1n) is 4.71. The Balaban J connectivity index is 0. The molecule has 0 radical (unpaired) electrons. The van der Waals surface area contributed by atoms with E-state index in [-0.39, 0.29) is 0 Å². The first-order valence-corrected chi connectivity index (χ1v) is 4.71. The lowest BCUT2D eigenvalue weighted by Crippen LogP contribution is -2.31. The van der Waals surface area contributed by atoms with Crippen LogP contribution in [0.5, 0.6) is 0 Å². The van der Waals surface area contributed by atoms with Gasteiger partial charge in [-0.15, -0.1) is 0 Å². The number of hydrogen-bond donors (Lipinski definition) is 2. The van der Waals surface area contributed by atoms with E-state index >= 15 is 0 Å². The Labute approximate surface area is 71.8 Å². The van der Waals surface area contributed by atoms with E-state index in [1.54, 1.807) is 0 Å². The quantitative estimate of drug-likeness (QED) is 0.597. The van der Waals surface area contributed by atoms with Gasteiger partial charge in [-0.25, -0.2) is 0 Å². The summed E-state index contributed by atoms with van der Waals surface area (Å²) in [6, 6.07) is 0.614. The minimum atomic E-state index is 0.614. The Morgan fingerprint density at radius 3 is 2.00 bits per heavy atom. The van der Waals surface area contributed by atoms with Crippen molar-refractivity contribution in [3.8, 4) is 0 Å². The zero-order chi connectivity index (χ0) is 9.11. The van der Waals surface area contributed by atoms with Gasteiger partial charge in [0.05, 0.1) is 0 Å². The van der Waals surface area contributed by atoms with E-state index in [1.807, 2.05) is 13.8 Å². The molecule has 0 aliphatic rings. The Hall–Kier alpha value is -0.0800. The van der Waals surface area contributed by atoms with Gasteiger partial charge in [0.15, 0.2) is 0 Å². The van der Waals surface area contributed by atoms with Crippen LogP contribution >= 0.6 is 0 Å². The third kappa shape index (κ3) is 17.8. The van der Waals surface area contributed by atoms with Crippen LogP contribution in [0.25, 0.3) is 0 Å². The van der Waals surface area contributed by atoms with Crippen LogP contribution in [0.1, 0.15) is 34.6 Å². The van der Waals surface area contributed by atoms with Crippen LogP contribution < -0.4 is 10.6 Å². The standard InChI is InChI=1S/C7H18N2.C2H6/c1-4-8-5-6-9-7(2)3;1-2/h7-9H,4-6H2,1-3H3;1-2H3. The molecule has 0 bridgehead atoms. The molecule has 0 saturated heterocycles. The van der Waals surface area contributed by atoms with Crippen molar-refractivity contribution in [3.63, 3.8) is 0 Å². The second-order valence-electron chi connectivity index (χ2n) is 2.46. The molecule has 0 saturated carbocycles. The van der Waals surface area contributed by atoms with Crippen LogP contribution in [0.3, 0.4) is 0 Å². The highest BCUT2D eigenvalue weighted by atomic mass is 14.9. The van der Waals surface area contributed by atoms with Crippen LogP contribution in [0.4, 0.5) is 0 Å². The molecular weight excluding hydrogens is 136 g/mol. The molecule has 0 rings (SSSR count). The molecule has 0 spiro atoms. The van der Waals surface area contributed by atoms with Crippen molar-refractivity contribution in [2.24, 2.45) is 0 Å². The highest BCUT2D eigenvalue weighted by Crippen LogP contribution is 1.72. The van der Waals surface area contributed by atoms with Gasteiger partial charge in [0.25, 0.3) is 0 Å². The van der Waals surface area contributed by atoms with Crippen molar-refractivity contribution in [1.29, 1.82) is 0 Å². The van der Waals surface area contributed by atoms with E-state index in [4.69, 9.17) is 0 Å². The molecule has 0 aromatic rings. The lowest BCUT2D eigenvalue weighted by atomic mass is 10.4. The van der Waals surface area contributed by atoms with Crippen LogP contribution in [0.2, 0.25) is 0 Å². The van der Waals surface area contributed by atoms with Gasteiger partial charge in [-0.1, -0.05) is 34.6 Å². The Bertz CT molecular complexity index is 53.5. The smallest absolute Gasteiger partial charge is 0.00790 e. The molecule has 2 nitrogen and oxygen atoms in total. The van der Waals surface area contributed by atoms with Crippen molar-refractivity contribution in [1.82, 2.24) is 10.6 Å². The molecule has 0 amide bonds. The summed E-state index contributed by atoms with van der Waals surface area (Å²) in [5, 5.41) is 6.56. The van der Waals surface area contributed by atoms with Crippen LogP contribution in [0.15, 0.2) is 0 Å². The topological polar surface area (TPSA) is 24.1 Å². The number of rotatable bonds is 5. The van der Waals surface area contributed by atoms with Gasteiger partial charge < -0.3 is 10.6 Å². The van der Waals surface area contributed by atoms with Crippen molar-refractivity contribution in [2.75, 3.05) is 19.6 Å². The van der Waals surface area contributed by atoms with Crippen LogP contribution in [-0.4, -0.2) is 25.7 Å². The average Bonchev–Trinajstić information content (AvgIpc) is 2.02. The molecule has 0 aliphatic carbocycles. The third-order valence-electron chi connectivity index (χ3n) is 1.10. The largest absolute Gasteiger partial charge is 0.316 e. The lowest BCUT2D eigenvalue weighted by molar-refractivity contribution is 0.562. The first kappa shape index (κ1) is 13.5. The average molecular weight is 160 g/mol. The predicted octanol–water partition coefficient (Wildman–Crippen LogP) is 1.62. The minimum absolute atomic E-state index is 0.614. The van der Waals surface area contributed by atoms with Gasteiger partial charge >= 0.3 is 0 Å². The maximum Gasteiger partial charge on any atom is 0.00790 e. The molecule has 0 heterocycles. The van der Waals surface area contributed by atoms with Crippen LogP contribution in [-0.2, 0) is 0 Å². The highest BCUT2D eigenvalue weighted by Gasteiger charge is 1.88. The Kier molecular flexibility index (Phi) is 15.4. The van der Waals surface area contributed by atoms with E-state index in [1.165, 1.54) is 0 Å². The monoisotopic (exact) mass is 160 g/mol. The van der Waals surface area contributed by atoms with Crippen molar-refractivity contribution >= 4 is 0 Å². The molecule has 0 atom stereocenters. The molecule has 70 valence electrons. The fourth-order valence-electron chi connectivity index (χ4n) is 0.626. The molecule has 0 aromatic carbocycles. The van der Waals surface area contributed by atoms with Crippen molar-refractivity contribution in [2.45, 2.75) is 40.7 Å². The Morgan fingerprint density at radius 2 is 1.64 bits per heavy atom. The maximum absolute atomic E-state index is 3.32. The van der Waals surface area contributed by atoms with Gasteiger partial charge in [-0.05, 0) is 6.54 Å². The van der Waals surface area contributed by atoms with Gasteiger partial charge in [0.1, 0.15) is 0 Å². The SMILES string of the molecule is CC.CCNCCNC(C)C. The maximum atomic E-state index is 3.32. The van der Waals surface area contributed by atoms with Gasteiger partial charge in [0.2, 0.25) is 0 Å². The molecule has 11 heavy (non-hydrogen) atoms. The summed E-state index contributed by atoms with van der Waals surface area (Å²) in [6.07, 6.45) is 0. The summed E-state index contributed by atoms with van der Waals surface area (Å²) >= 11 is 0. The van der Waals surface area contributed by atoms with E-state index < -0.39 is 0 Å². The van der Waals surface area contributed by atoms with E-state index in [9.17, 15) is 0 Å². The zero-order valence-electron chi connectivity index (χ0n) is 8.70. The van der Waals surface area contributed by atoms with E-state index in [2.05, 4.69) is 31.4 Å². The van der Waals surface area contributed by atoms with Crippen molar-refractivity contribution < 1.29 is 0 Å². The fourth-order valence-corrected chi connectivity index (χ4v) is 0.626. The molecular formula is C9H24N2. The zero-order valence-corrected chi connectivity index (χ0v) is 8.70. The van der Waals surface area contributed by atoms with Gasteiger partial charge in [0, 0.05) is 19.1 Å². The second-order valence-corrected chi connectivity index (χ2v) is 2.46. The summed E-state index contributed by atoms with van der Waals surface area (Å²) in [7, 11) is 0. The predicted molar refractivity (Wildman–Crippen MR) is 53.0 cm³/mol.